The number of aliphatic carboxylic acids is 1. The van der Waals surface area contributed by atoms with E-state index in [-0.39, 0.29) is 24.3 Å². The lowest BCUT2D eigenvalue weighted by molar-refractivity contribution is -0.137. The van der Waals surface area contributed by atoms with Gasteiger partial charge in [0.2, 0.25) is 0 Å². The van der Waals surface area contributed by atoms with Crippen molar-refractivity contribution in [2.75, 3.05) is 10.8 Å². The first-order chi connectivity index (χ1) is 11.7. The fraction of sp³-hybridized carbons (Fsp3) is 0.316. The fourth-order valence-corrected chi connectivity index (χ4v) is 4.18. The van der Waals surface area contributed by atoms with E-state index in [0.717, 1.165) is 16.7 Å². The molecule has 5 nitrogen and oxygen atoms in total. The second-order valence-electron chi connectivity index (χ2n) is 6.23. The molecule has 0 aliphatic carbocycles. The molecule has 0 atom stereocenters. The van der Waals surface area contributed by atoms with E-state index < -0.39 is 16.0 Å². The molecule has 2 aromatic rings. The molecular weight excluding hydrogens is 338 g/mol. The van der Waals surface area contributed by atoms with Crippen LogP contribution in [0, 0.1) is 20.8 Å². The predicted molar refractivity (Wildman–Crippen MR) is 98.5 cm³/mol. The van der Waals surface area contributed by atoms with Crippen LogP contribution in [-0.4, -0.2) is 26.0 Å². The number of carboxylic acids is 1. The smallest absolute Gasteiger partial charge is 0.303 e. The number of anilines is 1. The standard InChI is InChI=1S/C19H23NO4S/c1-14-6-8-18(9-7-14)25(23,24)20(10-4-5-19(21)22)17-12-15(2)11-16(3)13-17/h6-9,11-13H,4-5,10H2,1-3H3,(H,21,22). The van der Waals surface area contributed by atoms with Crippen LogP contribution >= 0.6 is 0 Å². The average Bonchev–Trinajstić information content (AvgIpc) is 2.50. The largest absolute Gasteiger partial charge is 0.481 e. The van der Waals surface area contributed by atoms with E-state index in [0.29, 0.717) is 5.69 Å². The van der Waals surface area contributed by atoms with Crippen LogP contribution in [0.15, 0.2) is 47.4 Å². The zero-order valence-corrected chi connectivity index (χ0v) is 15.5. The highest BCUT2D eigenvalue weighted by molar-refractivity contribution is 7.92. The van der Waals surface area contributed by atoms with Crippen molar-refractivity contribution in [1.82, 2.24) is 0 Å². The number of carboxylic acid groups (broad SMARTS) is 1. The lowest BCUT2D eigenvalue weighted by atomic mass is 10.1. The van der Waals surface area contributed by atoms with Crippen molar-refractivity contribution < 1.29 is 18.3 Å². The number of nitrogens with zero attached hydrogens (tertiary/aromatic N) is 1. The van der Waals surface area contributed by atoms with Crippen molar-refractivity contribution >= 4 is 21.7 Å². The maximum atomic E-state index is 13.1. The topological polar surface area (TPSA) is 74.7 Å². The fourth-order valence-electron chi connectivity index (χ4n) is 2.69. The number of carbonyl (C=O) groups is 1. The van der Waals surface area contributed by atoms with E-state index in [9.17, 15) is 13.2 Å². The lowest BCUT2D eigenvalue weighted by Gasteiger charge is -2.25. The van der Waals surface area contributed by atoms with Gasteiger partial charge in [-0.1, -0.05) is 23.8 Å². The molecule has 1 N–H and O–H groups in total. The maximum absolute atomic E-state index is 13.1. The van der Waals surface area contributed by atoms with E-state index in [4.69, 9.17) is 5.11 Å². The summed E-state index contributed by atoms with van der Waals surface area (Å²) in [5, 5.41) is 8.87. The molecule has 0 bridgehead atoms. The first kappa shape index (κ1) is 19.0. The summed E-state index contributed by atoms with van der Waals surface area (Å²) in [4.78, 5) is 11.0. The summed E-state index contributed by atoms with van der Waals surface area (Å²) in [7, 11) is -3.76. The van der Waals surface area contributed by atoms with Crippen molar-refractivity contribution in [1.29, 1.82) is 0 Å². The molecule has 0 fully saturated rings. The summed E-state index contributed by atoms with van der Waals surface area (Å²) in [6, 6.07) is 12.2. The highest BCUT2D eigenvalue weighted by atomic mass is 32.2. The van der Waals surface area contributed by atoms with Crippen molar-refractivity contribution in [3.63, 3.8) is 0 Å². The molecule has 0 heterocycles. The minimum Gasteiger partial charge on any atom is -0.481 e. The molecule has 0 aromatic heterocycles. The molecule has 0 saturated heterocycles. The molecule has 2 rings (SSSR count). The summed E-state index contributed by atoms with van der Waals surface area (Å²) >= 11 is 0. The third-order valence-corrected chi connectivity index (χ3v) is 5.70. The van der Waals surface area contributed by atoms with Crippen LogP contribution in [0.2, 0.25) is 0 Å². The van der Waals surface area contributed by atoms with Gasteiger partial charge in [0.05, 0.1) is 10.6 Å². The summed E-state index contributed by atoms with van der Waals surface area (Å²) in [5.74, 6) is -0.937. The van der Waals surface area contributed by atoms with Crippen LogP contribution < -0.4 is 4.31 Å². The molecule has 134 valence electrons. The quantitative estimate of drug-likeness (QED) is 0.816. The number of aryl methyl sites for hydroxylation is 3. The van der Waals surface area contributed by atoms with Crippen LogP contribution in [-0.2, 0) is 14.8 Å². The summed E-state index contributed by atoms with van der Waals surface area (Å²) in [6.45, 7) is 5.82. The van der Waals surface area contributed by atoms with Crippen molar-refractivity contribution in [3.8, 4) is 0 Å². The Morgan fingerprint density at radius 2 is 1.52 bits per heavy atom. The first-order valence-electron chi connectivity index (χ1n) is 8.09. The van der Waals surface area contributed by atoms with Gasteiger partial charge in [-0.2, -0.15) is 0 Å². The third kappa shape index (κ3) is 4.82. The Balaban J connectivity index is 2.45. The highest BCUT2D eigenvalue weighted by Gasteiger charge is 2.25. The van der Waals surface area contributed by atoms with E-state index in [2.05, 4.69) is 0 Å². The van der Waals surface area contributed by atoms with E-state index in [1.54, 1.807) is 36.4 Å². The molecule has 25 heavy (non-hydrogen) atoms. The normalized spacial score (nSPS) is 11.3. The van der Waals surface area contributed by atoms with Gasteiger partial charge in [-0.15, -0.1) is 0 Å². The monoisotopic (exact) mass is 361 g/mol. The number of sulfonamides is 1. The number of hydrogen-bond acceptors (Lipinski definition) is 3. The van der Waals surface area contributed by atoms with E-state index in [1.165, 1.54) is 4.31 Å². The Kier molecular flexibility index (Phi) is 5.85. The van der Waals surface area contributed by atoms with Gasteiger partial charge in [-0.05, 0) is 62.6 Å². The Morgan fingerprint density at radius 3 is 2.04 bits per heavy atom. The number of rotatable bonds is 7. The zero-order valence-electron chi connectivity index (χ0n) is 14.7. The predicted octanol–water partition coefficient (Wildman–Crippen LogP) is 3.67. The Morgan fingerprint density at radius 1 is 0.960 bits per heavy atom. The Hall–Kier alpha value is -2.34. The van der Waals surface area contributed by atoms with Gasteiger partial charge >= 0.3 is 5.97 Å². The summed E-state index contributed by atoms with van der Waals surface area (Å²) < 4.78 is 27.5. The summed E-state index contributed by atoms with van der Waals surface area (Å²) in [6.07, 6.45) is 0.165. The Bertz CT molecular complexity index is 837. The Labute approximate surface area is 149 Å². The van der Waals surface area contributed by atoms with Gasteiger partial charge in [0.15, 0.2) is 0 Å². The lowest BCUT2D eigenvalue weighted by Crippen LogP contribution is -2.32. The van der Waals surface area contributed by atoms with Gasteiger partial charge in [0, 0.05) is 13.0 Å². The van der Waals surface area contributed by atoms with Gasteiger partial charge in [0.1, 0.15) is 0 Å². The second kappa shape index (κ2) is 7.70. The maximum Gasteiger partial charge on any atom is 0.303 e. The molecule has 2 aromatic carbocycles. The van der Waals surface area contributed by atoms with Crippen molar-refractivity contribution in [3.05, 3.63) is 59.2 Å². The molecule has 0 saturated carbocycles. The third-order valence-electron chi connectivity index (χ3n) is 3.86. The van der Waals surface area contributed by atoms with Crippen LogP contribution in [0.1, 0.15) is 29.5 Å². The molecule has 0 radical (unpaired) electrons. The van der Waals surface area contributed by atoms with Crippen LogP contribution in [0.5, 0.6) is 0 Å². The minimum atomic E-state index is -3.76. The van der Waals surface area contributed by atoms with Crippen LogP contribution in [0.4, 0.5) is 5.69 Å². The molecule has 0 amide bonds. The van der Waals surface area contributed by atoms with Crippen molar-refractivity contribution in [2.45, 2.75) is 38.5 Å². The molecule has 0 aliphatic heterocycles. The molecular formula is C19H23NO4S. The second-order valence-corrected chi connectivity index (χ2v) is 8.10. The summed E-state index contributed by atoms with van der Waals surface area (Å²) in [5.41, 5.74) is 3.45. The van der Waals surface area contributed by atoms with Crippen molar-refractivity contribution in [2.24, 2.45) is 0 Å². The molecule has 6 heteroatoms. The number of benzene rings is 2. The highest BCUT2D eigenvalue weighted by Crippen LogP contribution is 2.26. The molecule has 0 spiro atoms. The average molecular weight is 361 g/mol. The number of hydrogen-bond donors (Lipinski definition) is 1. The first-order valence-corrected chi connectivity index (χ1v) is 9.53. The van der Waals surface area contributed by atoms with Crippen LogP contribution in [0.3, 0.4) is 0 Å². The van der Waals surface area contributed by atoms with Gasteiger partial charge in [0.25, 0.3) is 10.0 Å². The van der Waals surface area contributed by atoms with E-state index >= 15 is 0 Å². The van der Waals surface area contributed by atoms with E-state index in [1.807, 2.05) is 26.8 Å². The van der Waals surface area contributed by atoms with Gasteiger partial charge in [-0.3, -0.25) is 9.10 Å². The van der Waals surface area contributed by atoms with Gasteiger partial charge < -0.3 is 5.11 Å². The van der Waals surface area contributed by atoms with Gasteiger partial charge in [-0.25, -0.2) is 8.42 Å². The zero-order chi connectivity index (χ0) is 18.6. The SMILES string of the molecule is Cc1ccc(S(=O)(=O)N(CCCC(=O)O)c2cc(C)cc(C)c2)cc1. The minimum absolute atomic E-state index is 0.0787. The van der Waals surface area contributed by atoms with Crippen LogP contribution in [0.25, 0.3) is 0 Å². The molecule has 0 unspecified atom stereocenters. The molecule has 0 aliphatic rings.